The predicted octanol–water partition coefficient (Wildman–Crippen LogP) is 1.60. The third-order valence-electron chi connectivity index (χ3n) is 4.12. The van der Waals surface area contributed by atoms with E-state index >= 15 is 0 Å². The van der Waals surface area contributed by atoms with Crippen LogP contribution in [0.25, 0.3) is 0 Å². The second-order valence-corrected chi connectivity index (χ2v) is 6.49. The van der Waals surface area contributed by atoms with Gasteiger partial charge in [0, 0.05) is 13.0 Å². The normalized spacial score (nSPS) is 11.9. The van der Waals surface area contributed by atoms with Crippen molar-refractivity contribution in [2.24, 2.45) is 0 Å². The molecule has 0 spiro atoms. The van der Waals surface area contributed by atoms with E-state index in [1.165, 1.54) is 0 Å². The minimum absolute atomic E-state index is 0.183. The molecule has 10 nitrogen and oxygen atoms in total. The van der Waals surface area contributed by atoms with E-state index in [2.05, 4.69) is 20.6 Å². The number of carbonyl (C=O) groups is 4. The summed E-state index contributed by atoms with van der Waals surface area (Å²) in [6.07, 6.45) is 0.692. The van der Waals surface area contributed by atoms with Crippen LogP contribution in [0.15, 0.2) is 30.3 Å². The van der Waals surface area contributed by atoms with Gasteiger partial charge in [0.25, 0.3) is 0 Å². The molecule has 0 aliphatic rings. The van der Waals surface area contributed by atoms with Gasteiger partial charge in [-0.1, -0.05) is 30.3 Å². The van der Waals surface area contributed by atoms with E-state index in [1.807, 2.05) is 30.3 Å². The Bertz CT molecular complexity index is 689. The number of hydrogen-bond acceptors (Lipinski definition) is 5. The van der Waals surface area contributed by atoms with E-state index in [0.29, 0.717) is 25.9 Å². The van der Waals surface area contributed by atoms with Gasteiger partial charge in [-0.3, -0.25) is 4.79 Å². The van der Waals surface area contributed by atoms with Crippen LogP contribution in [0.1, 0.15) is 37.7 Å². The molecule has 0 bridgehead atoms. The van der Waals surface area contributed by atoms with Crippen molar-refractivity contribution in [1.82, 2.24) is 16.0 Å². The van der Waals surface area contributed by atoms with Gasteiger partial charge in [0.2, 0.25) is 0 Å². The van der Waals surface area contributed by atoms with E-state index < -0.39 is 42.4 Å². The van der Waals surface area contributed by atoms with Crippen molar-refractivity contribution in [2.45, 2.75) is 55.4 Å². The molecule has 2 atom stereocenters. The number of rotatable bonds is 14. The fourth-order valence-electron chi connectivity index (χ4n) is 2.57. The number of nitrogens with one attached hydrogen (secondary N) is 3. The molecular weight excluding hydrogens is 604 g/mol. The third-order valence-corrected chi connectivity index (χ3v) is 4.12. The van der Waals surface area contributed by atoms with Crippen LogP contribution < -0.4 is 16.0 Å². The summed E-state index contributed by atoms with van der Waals surface area (Å²) in [5.74, 6) is -3.81. The van der Waals surface area contributed by atoms with Crippen LogP contribution in [0.5, 0.6) is 0 Å². The summed E-state index contributed by atoms with van der Waals surface area (Å²) in [5.41, 5.74) is 1.14. The first-order valence-corrected chi connectivity index (χ1v) is 12.6. The Kier molecular flexibility index (Phi) is 16.2. The fraction of sp³-hybridized carbons (Fsp3) is 0.500. The van der Waals surface area contributed by atoms with Crippen molar-refractivity contribution in [2.75, 3.05) is 6.54 Å². The van der Waals surface area contributed by atoms with Gasteiger partial charge in [-0.05, 0) is 37.8 Å². The number of amides is 2. The van der Waals surface area contributed by atoms with Crippen molar-refractivity contribution in [3.05, 3.63) is 35.9 Å². The van der Waals surface area contributed by atoms with Gasteiger partial charge in [-0.2, -0.15) is 0 Å². The molecule has 31 heavy (non-hydrogen) atoms. The number of benzene rings is 1. The SMILES string of the molecule is C[At].O=C(O)CC[C@H](NC(=O)N[C@@H](CCCCNCc1ccccc1)C(=O)O)C(=O)O. The molecule has 174 valence electrons. The van der Waals surface area contributed by atoms with Gasteiger partial charge >= 0.3 is 53.3 Å². The molecule has 6 N–H and O–H groups in total. The maximum Gasteiger partial charge on any atom is 0.326 e. The van der Waals surface area contributed by atoms with E-state index in [4.69, 9.17) is 10.2 Å². The number of carboxylic acids is 3. The minimum Gasteiger partial charge on any atom is -0.481 e. The summed E-state index contributed by atoms with van der Waals surface area (Å²) in [7, 11) is 0. The molecule has 0 aromatic heterocycles. The van der Waals surface area contributed by atoms with Crippen LogP contribution in [0, 0.1) is 24.7 Å². The number of aliphatic carboxylic acids is 3. The van der Waals surface area contributed by atoms with Crippen LogP contribution in [0.2, 0.25) is 4.63 Å². The first-order chi connectivity index (χ1) is 14.8. The number of carbonyl (C=O) groups excluding carboxylic acids is 1. The Balaban J connectivity index is 0.00000436. The molecule has 2 amide bonds. The van der Waals surface area contributed by atoms with Gasteiger partial charge in [-0.25, -0.2) is 14.4 Å². The summed E-state index contributed by atoms with van der Waals surface area (Å²) >= 11 is 1.72. The first kappa shape index (κ1) is 28.7. The second-order valence-electron chi connectivity index (χ2n) is 6.49. The number of unbranched alkanes of at least 4 members (excludes halogenated alkanes) is 1. The molecule has 0 saturated heterocycles. The molecule has 11 heteroatoms. The van der Waals surface area contributed by atoms with Gasteiger partial charge in [0.05, 0.1) is 0 Å². The molecule has 0 saturated carbocycles. The molecule has 1 aromatic carbocycles. The molecule has 1 rings (SSSR count). The Morgan fingerprint density at radius 1 is 0.871 bits per heavy atom. The summed E-state index contributed by atoms with van der Waals surface area (Å²) < 4.78 is 2.06. The van der Waals surface area contributed by atoms with Crippen molar-refractivity contribution >= 4 is 23.9 Å². The van der Waals surface area contributed by atoms with Gasteiger partial charge in [-0.15, -0.1) is 0 Å². The topological polar surface area (TPSA) is 165 Å². The standard InChI is InChI=1S/C19H27N3O7.CH3At/c23-16(24)10-9-15(18(27)28)22-19(29)21-14(17(25)26)8-4-5-11-20-12-13-6-2-1-3-7-13;1-2/h1-3,6-7,14-15,20H,4-5,8-12H2,(H,23,24)(H,25,26)(H,27,28)(H2,21,22,29);1H3/t14-,15-;/m0./s1. The maximum atomic E-state index is 11.9. The van der Waals surface area contributed by atoms with Crippen molar-refractivity contribution in [3.8, 4) is 0 Å². The average Bonchev–Trinajstić information content (AvgIpc) is 2.74. The minimum atomic E-state index is -1.41. The average molecular weight is 634 g/mol. The number of carboxylic acid groups (broad SMARTS) is 3. The van der Waals surface area contributed by atoms with Crippen LogP contribution in [0.4, 0.5) is 4.79 Å². The maximum absolute atomic E-state index is 11.9. The second kappa shape index (κ2) is 17.4. The smallest absolute Gasteiger partial charge is 0.326 e. The largest absolute Gasteiger partial charge is 0.481 e. The van der Waals surface area contributed by atoms with E-state index in [1.54, 1.807) is 24.7 Å². The zero-order chi connectivity index (χ0) is 23.6. The van der Waals surface area contributed by atoms with Crippen molar-refractivity contribution in [3.63, 3.8) is 0 Å². The molecule has 0 aliphatic heterocycles. The van der Waals surface area contributed by atoms with E-state index in [9.17, 15) is 24.3 Å². The quantitative estimate of drug-likeness (QED) is 0.168. The van der Waals surface area contributed by atoms with E-state index in [0.717, 1.165) is 5.56 Å². The Morgan fingerprint density at radius 2 is 1.42 bits per heavy atom. The fourth-order valence-corrected chi connectivity index (χ4v) is 2.57. The third kappa shape index (κ3) is 14.4. The molecule has 0 heterocycles. The Labute approximate surface area is 196 Å². The summed E-state index contributed by atoms with van der Waals surface area (Å²) in [6.45, 7) is 1.39. The number of urea groups is 1. The predicted molar refractivity (Wildman–Crippen MR) is 109 cm³/mol. The Morgan fingerprint density at radius 3 is 1.94 bits per heavy atom. The summed E-state index contributed by atoms with van der Waals surface area (Å²) in [5, 5.41) is 34.5. The Hall–Kier alpha value is -2.26. The number of hydrogen-bond donors (Lipinski definition) is 6. The first-order valence-electron chi connectivity index (χ1n) is 9.66. The van der Waals surface area contributed by atoms with Gasteiger partial charge < -0.3 is 31.3 Å². The van der Waals surface area contributed by atoms with Crippen LogP contribution in [0.3, 0.4) is 0 Å². The zero-order valence-electron chi connectivity index (χ0n) is 17.3. The zero-order valence-corrected chi connectivity index (χ0v) is 20.3. The monoisotopic (exact) mass is 634 g/mol. The van der Waals surface area contributed by atoms with Crippen LogP contribution in [-0.4, -0.2) is 57.9 Å². The van der Waals surface area contributed by atoms with Gasteiger partial charge in [0.15, 0.2) is 0 Å². The molecule has 0 radical (unpaired) electrons. The molecule has 0 aliphatic carbocycles. The summed E-state index contributed by atoms with van der Waals surface area (Å²) in [6, 6.07) is 6.28. The van der Waals surface area contributed by atoms with Crippen molar-refractivity contribution < 1.29 is 59.2 Å². The van der Waals surface area contributed by atoms with E-state index in [-0.39, 0.29) is 12.8 Å². The summed E-state index contributed by atoms with van der Waals surface area (Å²) in [4.78, 5) is 44.9. The van der Waals surface area contributed by atoms with Crippen LogP contribution in [-0.2, 0) is 20.9 Å². The van der Waals surface area contributed by atoms with Gasteiger partial charge in [0.1, 0.15) is 12.1 Å². The molecule has 0 unspecified atom stereocenters. The molecule has 0 fully saturated rings. The van der Waals surface area contributed by atoms with Crippen LogP contribution >= 0.6 is 0 Å². The molecular formula is C20H30AtN3O7. The van der Waals surface area contributed by atoms with Crippen molar-refractivity contribution in [1.29, 1.82) is 0 Å². The molecule has 1 aromatic rings.